The van der Waals surface area contributed by atoms with Crippen molar-refractivity contribution < 1.29 is 18.3 Å². The lowest BCUT2D eigenvalue weighted by Gasteiger charge is -2.36. The molecule has 2 unspecified atom stereocenters. The maximum atomic E-state index is 12.0. The smallest absolute Gasteiger partial charge is 0.322 e. The first-order valence-corrected chi connectivity index (χ1v) is 7.21. The van der Waals surface area contributed by atoms with Crippen molar-refractivity contribution in [2.24, 2.45) is 5.92 Å². The maximum absolute atomic E-state index is 12.0. The SMILES string of the molecule is CC(C)NS(=O)(=O)N1CCCC(C)C1C(=O)O. The highest BCUT2D eigenvalue weighted by Crippen LogP contribution is 2.25. The molecule has 0 bridgehead atoms. The molecule has 0 saturated carbocycles. The van der Waals surface area contributed by atoms with Gasteiger partial charge in [0.25, 0.3) is 10.2 Å². The van der Waals surface area contributed by atoms with E-state index in [1.54, 1.807) is 20.8 Å². The second kappa shape index (κ2) is 5.32. The molecule has 1 heterocycles. The number of rotatable bonds is 4. The molecule has 7 heteroatoms. The highest BCUT2D eigenvalue weighted by atomic mass is 32.2. The minimum atomic E-state index is -3.71. The summed E-state index contributed by atoms with van der Waals surface area (Å²) in [5.74, 6) is -1.24. The van der Waals surface area contributed by atoms with Crippen molar-refractivity contribution in [1.82, 2.24) is 9.03 Å². The molecule has 1 fully saturated rings. The Bertz CT molecular complexity index is 380. The Morgan fingerprint density at radius 3 is 2.53 bits per heavy atom. The second-order valence-corrected chi connectivity index (χ2v) is 6.45. The van der Waals surface area contributed by atoms with Crippen LogP contribution in [0, 0.1) is 5.92 Å². The summed E-state index contributed by atoms with van der Waals surface area (Å²) in [4.78, 5) is 11.2. The molecule has 0 amide bonds. The van der Waals surface area contributed by atoms with Gasteiger partial charge in [0, 0.05) is 12.6 Å². The maximum Gasteiger partial charge on any atom is 0.322 e. The Labute approximate surface area is 102 Å². The third-order valence-corrected chi connectivity index (χ3v) is 4.63. The number of piperidine rings is 1. The number of nitrogens with one attached hydrogen (secondary N) is 1. The van der Waals surface area contributed by atoms with E-state index in [1.807, 2.05) is 0 Å². The van der Waals surface area contributed by atoms with Gasteiger partial charge in [-0.05, 0) is 32.6 Å². The first kappa shape index (κ1) is 14.4. The van der Waals surface area contributed by atoms with E-state index in [0.717, 1.165) is 10.7 Å². The van der Waals surface area contributed by atoms with E-state index in [2.05, 4.69) is 4.72 Å². The van der Waals surface area contributed by atoms with Crippen molar-refractivity contribution >= 4 is 16.2 Å². The quantitative estimate of drug-likeness (QED) is 0.770. The average Bonchev–Trinajstić information content (AvgIpc) is 2.14. The van der Waals surface area contributed by atoms with E-state index in [0.29, 0.717) is 6.42 Å². The molecule has 2 N–H and O–H groups in total. The van der Waals surface area contributed by atoms with Gasteiger partial charge in [0.2, 0.25) is 0 Å². The van der Waals surface area contributed by atoms with Crippen LogP contribution < -0.4 is 4.72 Å². The van der Waals surface area contributed by atoms with E-state index in [-0.39, 0.29) is 18.5 Å². The van der Waals surface area contributed by atoms with Gasteiger partial charge in [0.15, 0.2) is 0 Å². The van der Waals surface area contributed by atoms with Crippen molar-refractivity contribution in [3.05, 3.63) is 0 Å². The van der Waals surface area contributed by atoms with Gasteiger partial charge in [0.1, 0.15) is 6.04 Å². The summed E-state index contributed by atoms with van der Waals surface area (Å²) in [5, 5.41) is 9.14. The first-order chi connectivity index (χ1) is 7.75. The van der Waals surface area contributed by atoms with Gasteiger partial charge < -0.3 is 5.11 Å². The van der Waals surface area contributed by atoms with Crippen LogP contribution in [0.3, 0.4) is 0 Å². The van der Waals surface area contributed by atoms with Gasteiger partial charge >= 0.3 is 5.97 Å². The fraction of sp³-hybridized carbons (Fsp3) is 0.900. The molecule has 1 aliphatic heterocycles. The van der Waals surface area contributed by atoms with Gasteiger partial charge in [0.05, 0.1) is 0 Å². The van der Waals surface area contributed by atoms with E-state index in [9.17, 15) is 13.2 Å². The van der Waals surface area contributed by atoms with E-state index >= 15 is 0 Å². The fourth-order valence-corrected chi connectivity index (χ4v) is 3.85. The van der Waals surface area contributed by atoms with Crippen molar-refractivity contribution in [2.75, 3.05) is 6.54 Å². The van der Waals surface area contributed by atoms with Gasteiger partial charge in [-0.2, -0.15) is 17.4 Å². The summed E-state index contributed by atoms with van der Waals surface area (Å²) in [6.07, 6.45) is 1.44. The molecule has 1 rings (SSSR count). The van der Waals surface area contributed by atoms with Crippen LogP contribution in [0.5, 0.6) is 0 Å². The normalized spacial score (nSPS) is 27.3. The number of nitrogens with zero attached hydrogens (tertiary/aromatic N) is 1. The van der Waals surface area contributed by atoms with Crippen molar-refractivity contribution in [3.8, 4) is 0 Å². The molecule has 6 nitrogen and oxygen atoms in total. The lowest BCUT2D eigenvalue weighted by Crippen LogP contribution is -2.56. The Morgan fingerprint density at radius 1 is 1.47 bits per heavy atom. The van der Waals surface area contributed by atoms with Crippen molar-refractivity contribution in [1.29, 1.82) is 0 Å². The third-order valence-electron chi connectivity index (χ3n) is 2.83. The lowest BCUT2D eigenvalue weighted by molar-refractivity contribution is -0.144. The molecule has 0 aliphatic carbocycles. The summed E-state index contributed by atoms with van der Waals surface area (Å²) in [6.45, 7) is 5.46. The number of carboxylic acid groups (broad SMARTS) is 1. The molecule has 0 aromatic heterocycles. The molecule has 1 aliphatic rings. The minimum absolute atomic E-state index is 0.162. The molecular formula is C10H20N2O4S. The standard InChI is InChI=1S/C10H20N2O4S/c1-7(2)11-17(15,16)12-6-4-5-8(3)9(12)10(13)14/h7-9,11H,4-6H2,1-3H3,(H,13,14). The van der Waals surface area contributed by atoms with Crippen LogP contribution in [0.1, 0.15) is 33.6 Å². The minimum Gasteiger partial charge on any atom is -0.480 e. The topological polar surface area (TPSA) is 86.7 Å². The molecule has 100 valence electrons. The molecule has 0 aromatic carbocycles. The van der Waals surface area contributed by atoms with Crippen molar-refractivity contribution in [3.63, 3.8) is 0 Å². The number of hydrogen-bond donors (Lipinski definition) is 2. The Morgan fingerprint density at radius 2 is 2.06 bits per heavy atom. The Balaban J connectivity index is 2.97. The summed E-state index contributed by atoms with van der Waals surface area (Å²) < 4.78 is 27.5. The van der Waals surface area contributed by atoms with Crippen LogP contribution in [-0.4, -0.2) is 42.4 Å². The Hall–Kier alpha value is -0.660. The molecule has 17 heavy (non-hydrogen) atoms. The summed E-state index contributed by atoms with van der Waals surface area (Å²) in [6, 6.07) is -1.20. The number of hydrogen-bond acceptors (Lipinski definition) is 3. The molecule has 2 atom stereocenters. The zero-order valence-electron chi connectivity index (χ0n) is 10.4. The highest BCUT2D eigenvalue weighted by Gasteiger charge is 2.40. The molecule has 0 radical (unpaired) electrons. The van der Waals surface area contributed by atoms with Crippen LogP contribution in [0.15, 0.2) is 0 Å². The monoisotopic (exact) mass is 264 g/mol. The predicted molar refractivity (Wildman–Crippen MR) is 63.7 cm³/mol. The van der Waals surface area contributed by atoms with Gasteiger partial charge in [-0.1, -0.05) is 6.92 Å². The molecule has 1 saturated heterocycles. The Kier molecular flexibility index (Phi) is 4.51. The van der Waals surface area contributed by atoms with Crippen LogP contribution in [-0.2, 0) is 15.0 Å². The average molecular weight is 264 g/mol. The summed E-state index contributed by atoms with van der Waals surface area (Å²) in [7, 11) is -3.71. The van der Waals surface area contributed by atoms with E-state index in [1.165, 1.54) is 0 Å². The number of carbonyl (C=O) groups is 1. The summed E-state index contributed by atoms with van der Waals surface area (Å²) in [5.41, 5.74) is 0. The van der Waals surface area contributed by atoms with E-state index < -0.39 is 22.2 Å². The number of aliphatic carboxylic acids is 1. The molecule has 0 spiro atoms. The zero-order chi connectivity index (χ0) is 13.2. The zero-order valence-corrected chi connectivity index (χ0v) is 11.2. The fourth-order valence-electron chi connectivity index (χ4n) is 2.15. The van der Waals surface area contributed by atoms with Crippen LogP contribution >= 0.6 is 0 Å². The molecular weight excluding hydrogens is 244 g/mol. The molecule has 0 aromatic rings. The largest absolute Gasteiger partial charge is 0.480 e. The highest BCUT2D eigenvalue weighted by molar-refractivity contribution is 7.87. The van der Waals surface area contributed by atoms with E-state index in [4.69, 9.17) is 5.11 Å². The van der Waals surface area contributed by atoms with Crippen LogP contribution in [0.2, 0.25) is 0 Å². The van der Waals surface area contributed by atoms with Gasteiger partial charge in [-0.15, -0.1) is 0 Å². The van der Waals surface area contributed by atoms with Crippen molar-refractivity contribution in [2.45, 2.75) is 45.7 Å². The van der Waals surface area contributed by atoms with Crippen LogP contribution in [0.25, 0.3) is 0 Å². The first-order valence-electron chi connectivity index (χ1n) is 5.77. The summed E-state index contributed by atoms with van der Waals surface area (Å²) >= 11 is 0. The lowest BCUT2D eigenvalue weighted by atomic mass is 9.93. The van der Waals surface area contributed by atoms with Gasteiger partial charge in [-0.25, -0.2) is 0 Å². The number of carboxylic acids is 1. The van der Waals surface area contributed by atoms with Crippen LogP contribution in [0.4, 0.5) is 0 Å². The third kappa shape index (κ3) is 3.40. The predicted octanol–water partition coefficient (Wildman–Crippen LogP) is 0.414. The second-order valence-electron chi connectivity index (χ2n) is 4.79. The van der Waals surface area contributed by atoms with Gasteiger partial charge in [-0.3, -0.25) is 4.79 Å².